The van der Waals surface area contributed by atoms with Gasteiger partial charge in [0.1, 0.15) is 12.3 Å². The third kappa shape index (κ3) is 5.87. The molecule has 0 aliphatic rings. The number of esters is 2. The lowest BCUT2D eigenvalue weighted by Crippen LogP contribution is -2.24. The Labute approximate surface area is 225 Å². The summed E-state index contributed by atoms with van der Waals surface area (Å²) in [4.78, 5) is 46.5. The summed E-state index contributed by atoms with van der Waals surface area (Å²) in [6.07, 6.45) is -1.72. The van der Waals surface area contributed by atoms with Crippen molar-refractivity contribution < 1.29 is 37.0 Å². The number of nitrogens with zero attached hydrogens (tertiary/aromatic N) is 3. The van der Waals surface area contributed by atoms with Gasteiger partial charge in [0.05, 0.1) is 32.4 Å². The summed E-state index contributed by atoms with van der Waals surface area (Å²) in [5.74, 6) is -2.77. The molecule has 40 heavy (non-hydrogen) atoms. The highest BCUT2D eigenvalue weighted by Gasteiger charge is 2.31. The standard InChI is InChI=1S/C27H23F3N4O6/c1-38-19-10-8-18(9-11-19)34-13-17-12-31-26(32-14-27(28,29)30)33-22(17)20(23(34)35)15-4-6-16(7-5-15)21(24(36)39-2)25(37)40-3/h4-13,21H,14H2,1-3H3,(H,32,33). The first-order valence-electron chi connectivity index (χ1n) is 11.7. The Balaban J connectivity index is 1.90. The SMILES string of the molecule is COC(=O)C(C(=O)OC)c1ccc(-c2c(=O)n(-c3ccc(OC)cc3)cc3cnc(NCC(F)(F)F)nc23)cc1. The molecule has 4 rings (SSSR count). The van der Waals surface area contributed by atoms with Crippen molar-refractivity contribution in [3.8, 4) is 22.6 Å². The van der Waals surface area contributed by atoms with Gasteiger partial charge in [-0.2, -0.15) is 13.2 Å². The molecule has 208 valence electrons. The summed E-state index contributed by atoms with van der Waals surface area (Å²) in [6, 6.07) is 12.6. The second-order valence-electron chi connectivity index (χ2n) is 8.44. The van der Waals surface area contributed by atoms with Crippen LogP contribution < -0.4 is 15.6 Å². The minimum atomic E-state index is -4.51. The van der Waals surface area contributed by atoms with Gasteiger partial charge in [0.2, 0.25) is 5.95 Å². The van der Waals surface area contributed by atoms with Crippen LogP contribution in [0.2, 0.25) is 0 Å². The maximum absolute atomic E-state index is 13.8. The minimum Gasteiger partial charge on any atom is -0.497 e. The van der Waals surface area contributed by atoms with E-state index >= 15 is 0 Å². The van der Waals surface area contributed by atoms with Crippen molar-refractivity contribution in [2.45, 2.75) is 12.1 Å². The van der Waals surface area contributed by atoms with E-state index in [1.54, 1.807) is 24.3 Å². The van der Waals surface area contributed by atoms with Crippen LogP contribution in [0.25, 0.3) is 27.7 Å². The maximum atomic E-state index is 13.8. The Bertz CT molecular complexity index is 1590. The van der Waals surface area contributed by atoms with Gasteiger partial charge >= 0.3 is 18.1 Å². The fraction of sp³-hybridized carbons (Fsp3) is 0.222. The number of methoxy groups -OCH3 is 3. The largest absolute Gasteiger partial charge is 0.497 e. The van der Waals surface area contributed by atoms with Crippen molar-refractivity contribution in [3.05, 3.63) is 76.8 Å². The summed E-state index contributed by atoms with van der Waals surface area (Å²) < 4.78 is 54.3. The number of hydrogen-bond acceptors (Lipinski definition) is 9. The van der Waals surface area contributed by atoms with Gasteiger partial charge in [0, 0.05) is 23.5 Å². The van der Waals surface area contributed by atoms with Gasteiger partial charge in [-0.25, -0.2) is 9.97 Å². The highest BCUT2D eigenvalue weighted by atomic mass is 19.4. The van der Waals surface area contributed by atoms with E-state index in [1.165, 1.54) is 48.3 Å². The number of fused-ring (bicyclic) bond motifs is 1. The first kappa shape index (κ1) is 28.1. The number of carbonyl (C=O) groups is 2. The molecule has 0 atom stereocenters. The van der Waals surface area contributed by atoms with E-state index in [0.29, 0.717) is 22.4 Å². The Morgan fingerprint density at radius 1 is 0.975 bits per heavy atom. The average Bonchev–Trinajstić information content (AvgIpc) is 2.95. The van der Waals surface area contributed by atoms with Crippen molar-refractivity contribution in [2.24, 2.45) is 0 Å². The van der Waals surface area contributed by atoms with Crippen LogP contribution in [0, 0.1) is 0 Å². The monoisotopic (exact) mass is 556 g/mol. The fourth-order valence-corrected chi connectivity index (χ4v) is 4.01. The summed E-state index contributed by atoms with van der Waals surface area (Å²) in [6.45, 7) is -1.37. The molecular formula is C27H23F3N4O6. The number of pyridine rings is 1. The molecule has 2 aromatic carbocycles. The molecule has 0 amide bonds. The number of alkyl halides is 3. The molecule has 0 unspecified atom stereocenters. The van der Waals surface area contributed by atoms with E-state index in [4.69, 9.17) is 14.2 Å². The second kappa shape index (κ2) is 11.4. The molecule has 1 N–H and O–H groups in total. The highest BCUT2D eigenvalue weighted by Crippen LogP contribution is 2.29. The molecule has 0 fully saturated rings. The lowest BCUT2D eigenvalue weighted by atomic mass is 9.96. The van der Waals surface area contributed by atoms with Crippen molar-refractivity contribution >= 4 is 28.8 Å². The minimum absolute atomic E-state index is 0.0602. The summed E-state index contributed by atoms with van der Waals surface area (Å²) in [5, 5.41) is 2.49. The molecule has 0 radical (unpaired) electrons. The third-order valence-corrected chi connectivity index (χ3v) is 5.96. The van der Waals surface area contributed by atoms with Crippen molar-refractivity contribution in [1.29, 1.82) is 0 Å². The smallest absolute Gasteiger partial charge is 0.405 e. The molecular weight excluding hydrogens is 533 g/mol. The fourth-order valence-electron chi connectivity index (χ4n) is 4.01. The Morgan fingerprint density at radius 2 is 1.60 bits per heavy atom. The lowest BCUT2D eigenvalue weighted by molar-refractivity contribution is -0.154. The molecule has 0 bridgehead atoms. The number of nitrogens with one attached hydrogen (secondary N) is 1. The van der Waals surface area contributed by atoms with Crippen molar-refractivity contribution in [2.75, 3.05) is 33.2 Å². The number of anilines is 1. The molecule has 4 aromatic rings. The lowest BCUT2D eigenvalue weighted by Gasteiger charge is -2.15. The van der Waals surface area contributed by atoms with Crippen LogP contribution in [0.3, 0.4) is 0 Å². The number of hydrogen-bond donors (Lipinski definition) is 1. The molecule has 13 heteroatoms. The van der Waals surface area contributed by atoms with E-state index in [2.05, 4.69) is 15.3 Å². The maximum Gasteiger partial charge on any atom is 0.405 e. The molecule has 10 nitrogen and oxygen atoms in total. The molecule has 2 aromatic heterocycles. The summed E-state index contributed by atoms with van der Waals surface area (Å²) >= 11 is 0. The van der Waals surface area contributed by atoms with Crippen molar-refractivity contribution in [1.82, 2.24) is 14.5 Å². The van der Waals surface area contributed by atoms with Crippen LogP contribution >= 0.6 is 0 Å². The second-order valence-corrected chi connectivity index (χ2v) is 8.44. The first-order valence-corrected chi connectivity index (χ1v) is 11.7. The zero-order chi connectivity index (χ0) is 29.0. The first-order chi connectivity index (χ1) is 19.1. The quantitative estimate of drug-likeness (QED) is 0.255. The van der Waals surface area contributed by atoms with E-state index in [1.807, 2.05) is 0 Å². The van der Waals surface area contributed by atoms with Crippen LogP contribution in [0.1, 0.15) is 11.5 Å². The Kier molecular flexibility index (Phi) is 8.03. The van der Waals surface area contributed by atoms with Gasteiger partial charge in [-0.3, -0.25) is 19.0 Å². The van der Waals surface area contributed by atoms with E-state index in [9.17, 15) is 27.6 Å². The van der Waals surface area contributed by atoms with Crippen LogP contribution in [0.15, 0.2) is 65.7 Å². The van der Waals surface area contributed by atoms with E-state index < -0.39 is 36.1 Å². The normalized spacial score (nSPS) is 11.4. The third-order valence-electron chi connectivity index (χ3n) is 5.96. The highest BCUT2D eigenvalue weighted by molar-refractivity contribution is 6.01. The molecule has 0 saturated carbocycles. The summed E-state index contributed by atoms with van der Waals surface area (Å²) in [7, 11) is 3.77. The topological polar surface area (TPSA) is 122 Å². The van der Waals surface area contributed by atoms with Gasteiger partial charge in [-0.1, -0.05) is 24.3 Å². The number of rotatable bonds is 8. The number of benzene rings is 2. The van der Waals surface area contributed by atoms with Crippen LogP contribution in [0.5, 0.6) is 5.75 Å². The summed E-state index contributed by atoms with van der Waals surface area (Å²) in [5.41, 5.74) is 0.699. The number of halogens is 3. The predicted molar refractivity (Wildman–Crippen MR) is 138 cm³/mol. The van der Waals surface area contributed by atoms with Crippen LogP contribution in [0.4, 0.5) is 19.1 Å². The van der Waals surface area contributed by atoms with E-state index in [0.717, 1.165) is 14.2 Å². The van der Waals surface area contributed by atoms with Gasteiger partial charge in [-0.15, -0.1) is 0 Å². The van der Waals surface area contributed by atoms with E-state index in [-0.39, 0.29) is 22.6 Å². The molecule has 0 aliphatic heterocycles. The molecule has 2 heterocycles. The average molecular weight is 556 g/mol. The van der Waals surface area contributed by atoms with Gasteiger partial charge in [0.15, 0.2) is 5.92 Å². The van der Waals surface area contributed by atoms with Crippen molar-refractivity contribution in [3.63, 3.8) is 0 Å². The number of carbonyl (C=O) groups excluding carboxylic acids is 2. The van der Waals surface area contributed by atoms with Gasteiger partial charge in [-0.05, 0) is 35.4 Å². The molecule has 0 saturated heterocycles. The van der Waals surface area contributed by atoms with Gasteiger partial charge in [0.25, 0.3) is 5.56 Å². The van der Waals surface area contributed by atoms with Crippen LogP contribution in [-0.4, -0.2) is 60.5 Å². The zero-order valence-corrected chi connectivity index (χ0v) is 21.5. The number of aromatic nitrogens is 3. The zero-order valence-electron chi connectivity index (χ0n) is 21.5. The molecule has 0 spiro atoms. The Morgan fingerprint density at radius 3 is 2.15 bits per heavy atom. The van der Waals surface area contributed by atoms with Gasteiger partial charge < -0.3 is 19.5 Å². The predicted octanol–water partition coefficient (Wildman–Crippen LogP) is 3.86. The Hall–Kier alpha value is -4.94. The molecule has 0 aliphatic carbocycles. The van der Waals surface area contributed by atoms with Crippen LogP contribution in [-0.2, 0) is 19.1 Å². The number of ether oxygens (including phenoxy) is 3.